The summed E-state index contributed by atoms with van der Waals surface area (Å²) in [4.78, 5) is 0. The van der Waals surface area contributed by atoms with Gasteiger partial charge in [0.05, 0.1) is 18.4 Å². The standard InChI is InChI=1S/C11H19NO2/c1-4-12-11(9(3)13-5-2)10-7-6-8-14-10/h6-9,11-12H,4-5H2,1-3H3. The molecule has 1 heterocycles. The van der Waals surface area contributed by atoms with Crippen molar-refractivity contribution in [2.75, 3.05) is 13.2 Å². The van der Waals surface area contributed by atoms with Gasteiger partial charge in [-0.1, -0.05) is 6.92 Å². The van der Waals surface area contributed by atoms with Gasteiger partial charge in [0.1, 0.15) is 5.76 Å². The van der Waals surface area contributed by atoms with Gasteiger partial charge in [-0.2, -0.15) is 0 Å². The maximum atomic E-state index is 5.56. The molecule has 0 fully saturated rings. The molecule has 0 radical (unpaired) electrons. The van der Waals surface area contributed by atoms with E-state index in [9.17, 15) is 0 Å². The molecule has 2 atom stereocenters. The lowest BCUT2D eigenvalue weighted by Gasteiger charge is -2.22. The maximum Gasteiger partial charge on any atom is 0.123 e. The first kappa shape index (κ1) is 11.3. The largest absolute Gasteiger partial charge is 0.468 e. The van der Waals surface area contributed by atoms with Crippen molar-refractivity contribution in [2.24, 2.45) is 0 Å². The van der Waals surface area contributed by atoms with E-state index < -0.39 is 0 Å². The molecule has 3 nitrogen and oxygen atoms in total. The molecule has 1 aromatic rings. The van der Waals surface area contributed by atoms with Gasteiger partial charge in [0.25, 0.3) is 0 Å². The van der Waals surface area contributed by atoms with Crippen molar-refractivity contribution in [3.63, 3.8) is 0 Å². The normalized spacial score (nSPS) is 15.4. The van der Waals surface area contributed by atoms with Gasteiger partial charge in [0.2, 0.25) is 0 Å². The minimum Gasteiger partial charge on any atom is -0.468 e. The van der Waals surface area contributed by atoms with E-state index in [4.69, 9.17) is 9.15 Å². The molecule has 14 heavy (non-hydrogen) atoms. The monoisotopic (exact) mass is 197 g/mol. The Hall–Kier alpha value is -0.800. The molecule has 0 spiro atoms. The van der Waals surface area contributed by atoms with Gasteiger partial charge in [0.15, 0.2) is 0 Å². The van der Waals surface area contributed by atoms with Gasteiger partial charge >= 0.3 is 0 Å². The molecule has 2 unspecified atom stereocenters. The fraction of sp³-hybridized carbons (Fsp3) is 0.636. The summed E-state index contributed by atoms with van der Waals surface area (Å²) in [5, 5.41) is 3.35. The molecule has 0 aromatic carbocycles. The zero-order valence-electron chi connectivity index (χ0n) is 9.12. The zero-order chi connectivity index (χ0) is 10.4. The molecule has 0 saturated heterocycles. The number of ether oxygens (including phenoxy) is 1. The van der Waals surface area contributed by atoms with Crippen LogP contribution < -0.4 is 5.32 Å². The highest BCUT2D eigenvalue weighted by atomic mass is 16.5. The van der Waals surface area contributed by atoms with Crippen molar-refractivity contribution in [3.8, 4) is 0 Å². The Labute approximate surface area is 85.4 Å². The van der Waals surface area contributed by atoms with Crippen LogP contribution in [0.25, 0.3) is 0 Å². The van der Waals surface area contributed by atoms with Gasteiger partial charge in [-0.3, -0.25) is 0 Å². The van der Waals surface area contributed by atoms with E-state index in [1.807, 2.05) is 19.1 Å². The lowest BCUT2D eigenvalue weighted by molar-refractivity contribution is 0.0418. The third-order valence-electron chi connectivity index (χ3n) is 2.17. The van der Waals surface area contributed by atoms with E-state index in [0.717, 1.165) is 18.9 Å². The fourth-order valence-corrected chi connectivity index (χ4v) is 1.55. The minimum atomic E-state index is 0.131. The summed E-state index contributed by atoms with van der Waals surface area (Å²) in [7, 11) is 0. The molecule has 1 N–H and O–H groups in total. The summed E-state index contributed by atoms with van der Waals surface area (Å²) in [6.07, 6.45) is 1.82. The van der Waals surface area contributed by atoms with Gasteiger partial charge in [-0.25, -0.2) is 0 Å². The molecule has 0 saturated carbocycles. The molecular weight excluding hydrogens is 178 g/mol. The predicted molar refractivity (Wildman–Crippen MR) is 56.2 cm³/mol. The maximum absolute atomic E-state index is 5.56. The number of hydrogen-bond donors (Lipinski definition) is 1. The Morgan fingerprint density at radius 1 is 1.50 bits per heavy atom. The van der Waals surface area contributed by atoms with Crippen molar-refractivity contribution in [3.05, 3.63) is 24.2 Å². The van der Waals surface area contributed by atoms with Gasteiger partial charge < -0.3 is 14.5 Å². The van der Waals surface area contributed by atoms with Crippen LogP contribution >= 0.6 is 0 Å². The summed E-state index contributed by atoms with van der Waals surface area (Å²) in [5.41, 5.74) is 0. The van der Waals surface area contributed by atoms with Crippen molar-refractivity contribution in [2.45, 2.75) is 32.9 Å². The molecule has 0 aliphatic carbocycles. The number of furan rings is 1. The highest BCUT2D eigenvalue weighted by Crippen LogP contribution is 2.19. The molecule has 80 valence electrons. The van der Waals surface area contributed by atoms with E-state index >= 15 is 0 Å². The first-order chi connectivity index (χ1) is 6.79. The number of nitrogens with one attached hydrogen (secondary N) is 1. The summed E-state index contributed by atoms with van der Waals surface area (Å²) < 4.78 is 10.9. The second-order valence-electron chi connectivity index (χ2n) is 3.21. The van der Waals surface area contributed by atoms with Crippen molar-refractivity contribution in [1.29, 1.82) is 0 Å². The minimum absolute atomic E-state index is 0.131. The van der Waals surface area contributed by atoms with Crippen LogP contribution in [-0.2, 0) is 4.74 Å². The summed E-state index contributed by atoms with van der Waals surface area (Å²) in [6, 6.07) is 4.02. The molecule has 1 rings (SSSR count). The molecule has 0 aliphatic heterocycles. The molecule has 0 bridgehead atoms. The van der Waals surface area contributed by atoms with Crippen molar-refractivity contribution >= 4 is 0 Å². The van der Waals surface area contributed by atoms with Crippen LogP contribution in [0.1, 0.15) is 32.6 Å². The van der Waals surface area contributed by atoms with E-state index in [1.165, 1.54) is 0 Å². The Morgan fingerprint density at radius 3 is 2.79 bits per heavy atom. The third kappa shape index (κ3) is 2.86. The Morgan fingerprint density at radius 2 is 2.29 bits per heavy atom. The van der Waals surface area contributed by atoms with Crippen LogP contribution in [0.4, 0.5) is 0 Å². The van der Waals surface area contributed by atoms with Crippen molar-refractivity contribution < 1.29 is 9.15 Å². The molecule has 0 aliphatic rings. The van der Waals surface area contributed by atoms with Gasteiger partial charge in [-0.05, 0) is 32.5 Å². The first-order valence-electron chi connectivity index (χ1n) is 5.18. The molecule has 1 aromatic heterocycles. The summed E-state index contributed by atoms with van der Waals surface area (Å²) in [6.45, 7) is 7.77. The fourth-order valence-electron chi connectivity index (χ4n) is 1.55. The van der Waals surface area contributed by atoms with Crippen LogP contribution in [0, 0.1) is 0 Å². The van der Waals surface area contributed by atoms with Gasteiger partial charge in [0, 0.05) is 6.61 Å². The highest BCUT2D eigenvalue weighted by molar-refractivity contribution is 5.06. The van der Waals surface area contributed by atoms with Gasteiger partial charge in [-0.15, -0.1) is 0 Å². The second kappa shape index (κ2) is 5.83. The second-order valence-corrected chi connectivity index (χ2v) is 3.21. The Kier molecular flexibility index (Phi) is 4.70. The van der Waals surface area contributed by atoms with Crippen LogP contribution in [0.3, 0.4) is 0 Å². The SMILES string of the molecule is CCNC(c1ccco1)C(C)OCC. The predicted octanol–water partition coefficient (Wildman–Crippen LogP) is 2.36. The van der Waals surface area contributed by atoms with Crippen molar-refractivity contribution in [1.82, 2.24) is 5.32 Å². The molecular formula is C11H19NO2. The number of likely N-dealkylation sites (N-methyl/N-ethyl adjacent to an activating group) is 1. The quantitative estimate of drug-likeness (QED) is 0.760. The lowest BCUT2D eigenvalue weighted by Crippen LogP contribution is -2.31. The lowest BCUT2D eigenvalue weighted by atomic mass is 10.1. The summed E-state index contributed by atoms with van der Waals surface area (Å²) in [5.74, 6) is 0.938. The topological polar surface area (TPSA) is 34.4 Å². The average molecular weight is 197 g/mol. The van der Waals surface area contributed by atoms with Crippen LogP contribution in [0.5, 0.6) is 0 Å². The van der Waals surface area contributed by atoms with E-state index in [-0.39, 0.29) is 12.1 Å². The van der Waals surface area contributed by atoms with E-state index in [2.05, 4.69) is 19.2 Å². The zero-order valence-corrected chi connectivity index (χ0v) is 9.12. The average Bonchev–Trinajstić information content (AvgIpc) is 2.67. The number of hydrogen-bond acceptors (Lipinski definition) is 3. The third-order valence-corrected chi connectivity index (χ3v) is 2.17. The first-order valence-corrected chi connectivity index (χ1v) is 5.18. The van der Waals surface area contributed by atoms with Crippen LogP contribution in [0.2, 0.25) is 0 Å². The van der Waals surface area contributed by atoms with Crippen LogP contribution in [0.15, 0.2) is 22.8 Å². The Bertz CT molecular complexity index is 233. The number of rotatable bonds is 6. The highest BCUT2D eigenvalue weighted by Gasteiger charge is 2.20. The smallest absolute Gasteiger partial charge is 0.123 e. The molecule has 0 amide bonds. The Balaban J connectivity index is 2.63. The summed E-state index contributed by atoms with van der Waals surface area (Å²) >= 11 is 0. The molecule has 3 heteroatoms. The van der Waals surface area contributed by atoms with E-state index in [1.54, 1.807) is 6.26 Å². The van der Waals surface area contributed by atoms with Crippen LogP contribution in [-0.4, -0.2) is 19.3 Å². The van der Waals surface area contributed by atoms with E-state index in [0.29, 0.717) is 0 Å².